The van der Waals surface area contributed by atoms with E-state index in [0.717, 1.165) is 50.3 Å². The van der Waals surface area contributed by atoms with Gasteiger partial charge in [0.15, 0.2) is 0 Å². The summed E-state index contributed by atoms with van der Waals surface area (Å²) in [5.41, 5.74) is 9.59. The van der Waals surface area contributed by atoms with Gasteiger partial charge in [-0.15, -0.1) is 0 Å². The molecule has 1 saturated heterocycles. The van der Waals surface area contributed by atoms with Crippen LogP contribution < -0.4 is 0 Å². The Hall–Kier alpha value is -2.42. The highest BCUT2D eigenvalue weighted by molar-refractivity contribution is 6.30. The van der Waals surface area contributed by atoms with Crippen molar-refractivity contribution in [1.82, 2.24) is 9.88 Å². The van der Waals surface area contributed by atoms with Crippen LogP contribution >= 0.6 is 11.6 Å². The predicted molar refractivity (Wildman–Crippen MR) is 130 cm³/mol. The van der Waals surface area contributed by atoms with Crippen LogP contribution in [-0.4, -0.2) is 29.5 Å². The van der Waals surface area contributed by atoms with Gasteiger partial charge >= 0.3 is 0 Å². The second kappa shape index (κ2) is 8.98. The zero-order valence-corrected chi connectivity index (χ0v) is 18.9. The molecular weight excluding hydrogens is 400 g/mol. The van der Waals surface area contributed by atoms with Crippen molar-refractivity contribution in [2.24, 2.45) is 0 Å². The van der Waals surface area contributed by atoms with Gasteiger partial charge in [0, 0.05) is 36.4 Å². The van der Waals surface area contributed by atoms with Gasteiger partial charge < -0.3 is 4.90 Å². The van der Waals surface area contributed by atoms with E-state index in [-0.39, 0.29) is 0 Å². The van der Waals surface area contributed by atoms with Crippen molar-refractivity contribution in [1.29, 1.82) is 0 Å². The van der Waals surface area contributed by atoms with Crippen LogP contribution in [0, 0.1) is 0 Å². The lowest BCUT2D eigenvalue weighted by Gasteiger charge is -2.32. The molecule has 1 unspecified atom stereocenters. The summed E-state index contributed by atoms with van der Waals surface area (Å²) in [6.07, 6.45) is 6.20. The molecule has 0 saturated carbocycles. The molecule has 0 N–H and O–H groups in total. The Labute approximate surface area is 190 Å². The van der Waals surface area contributed by atoms with Crippen molar-refractivity contribution in [2.75, 3.05) is 19.6 Å². The molecule has 5 rings (SSSR count). The molecule has 0 radical (unpaired) electrons. The Balaban J connectivity index is 1.43. The standard InChI is InChI=1S/C28H29ClN2/c1-20(21-6-3-2-4-7-21)19-31-16-13-22(14-17-31)27-26-12-11-25(29)18-24(26)10-9-23-8-5-15-30-28(23)27/h2-8,11-12,15,18,20H,9-10,13-14,16-17,19H2,1H3. The summed E-state index contributed by atoms with van der Waals surface area (Å²) in [7, 11) is 0. The molecule has 0 amide bonds. The lowest BCUT2D eigenvalue weighted by molar-refractivity contribution is 0.245. The Morgan fingerprint density at radius 2 is 1.68 bits per heavy atom. The zero-order valence-electron chi connectivity index (χ0n) is 18.2. The number of aromatic nitrogens is 1. The molecule has 158 valence electrons. The van der Waals surface area contributed by atoms with Gasteiger partial charge in [-0.3, -0.25) is 4.98 Å². The summed E-state index contributed by atoms with van der Waals surface area (Å²) in [5, 5.41) is 0.826. The molecule has 1 aromatic heterocycles. The fraction of sp³-hybridized carbons (Fsp3) is 0.321. The first-order chi connectivity index (χ1) is 15.2. The van der Waals surface area contributed by atoms with E-state index in [1.165, 1.54) is 33.5 Å². The van der Waals surface area contributed by atoms with Crippen LogP contribution in [0.5, 0.6) is 0 Å². The molecule has 31 heavy (non-hydrogen) atoms. The highest BCUT2D eigenvalue weighted by Gasteiger charge is 2.25. The molecule has 1 atom stereocenters. The molecule has 2 aromatic carbocycles. The van der Waals surface area contributed by atoms with Crippen LogP contribution in [0.15, 0.2) is 72.4 Å². The van der Waals surface area contributed by atoms with Gasteiger partial charge in [0.1, 0.15) is 0 Å². The normalized spacial score (nSPS) is 17.6. The van der Waals surface area contributed by atoms with Gasteiger partial charge in [0.05, 0.1) is 5.69 Å². The third kappa shape index (κ3) is 4.33. The molecule has 2 nitrogen and oxygen atoms in total. The van der Waals surface area contributed by atoms with Crippen LogP contribution in [0.4, 0.5) is 0 Å². The van der Waals surface area contributed by atoms with Gasteiger partial charge in [-0.05, 0) is 72.1 Å². The van der Waals surface area contributed by atoms with Gasteiger partial charge in [0.2, 0.25) is 0 Å². The van der Waals surface area contributed by atoms with Crippen LogP contribution in [-0.2, 0) is 12.8 Å². The van der Waals surface area contributed by atoms with E-state index in [9.17, 15) is 0 Å². The largest absolute Gasteiger partial charge is 0.302 e. The average molecular weight is 429 g/mol. The number of nitrogens with zero attached hydrogens (tertiary/aromatic N) is 2. The van der Waals surface area contributed by atoms with E-state index in [1.54, 1.807) is 5.57 Å². The Kier molecular flexibility index (Phi) is 5.93. The van der Waals surface area contributed by atoms with Gasteiger partial charge in [-0.1, -0.05) is 66.6 Å². The molecule has 0 bridgehead atoms. The smallest absolute Gasteiger partial charge is 0.0739 e. The second-order valence-corrected chi connectivity index (χ2v) is 9.34. The minimum atomic E-state index is 0.554. The third-order valence-electron chi connectivity index (χ3n) is 6.84. The molecule has 1 aliphatic carbocycles. The summed E-state index contributed by atoms with van der Waals surface area (Å²) < 4.78 is 0. The minimum absolute atomic E-state index is 0.554. The number of aryl methyl sites for hydroxylation is 2. The highest BCUT2D eigenvalue weighted by Crippen LogP contribution is 2.38. The second-order valence-electron chi connectivity index (χ2n) is 8.90. The van der Waals surface area contributed by atoms with Gasteiger partial charge in [-0.2, -0.15) is 0 Å². The van der Waals surface area contributed by atoms with E-state index in [2.05, 4.69) is 66.4 Å². The number of rotatable bonds is 3. The van der Waals surface area contributed by atoms with Gasteiger partial charge in [-0.25, -0.2) is 0 Å². The number of fused-ring (bicyclic) bond motifs is 2. The maximum Gasteiger partial charge on any atom is 0.0739 e. The molecule has 2 heterocycles. The fourth-order valence-electron chi connectivity index (χ4n) is 5.16. The molecule has 1 aliphatic heterocycles. The lowest BCUT2D eigenvalue weighted by atomic mass is 9.88. The van der Waals surface area contributed by atoms with Crippen molar-refractivity contribution in [3.05, 3.63) is 105 Å². The topological polar surface area (TPSA) is 16.1 Å². The lowest BCUT2D eigenvalue weighted by Crippen LogP contribution is -2.34. The fourth-order valence-corrected chi connectivity index (χ4v) is 5.36. The van der Waals surface area contributed by atoms with Crippen LogP contribution in [0.1, 0.15) is 53.6 Å². The number of piperidine rings is 1. The Morgan fingerprint density at radius 3 is 2.48 bits per heavy atom. The maximum atomic E-state index is 6.35. The summed E-state index contributed by atoms with van der Waals surface area (Å²) in [4.78, 5) is 7.49. The quantitative estimate of drug-likeness (QED) is 0.471. The van der Waals surface area contributed by atoms with Crippen LogP contribution in [0.2, 0.25) is 5.02 Å². The highest BCUT2D eigenvalue weighted by atomic mass is 35.5. The number of benzene rings is 2. The number of hydrogen-bond acceptors (Lipinski definition) is 2. The number of hydrogen-bond donors (Lipinski definition) is 0. The van der Waals surface area contributed by atoms with Crippen molar-refractivity contribution >= 4 is 17.2 Å². The molecule has 2 aliphatic rings. The van der Waals surface area contributed by atoms with Gasteiger partial charge in [0.25, 0.3) is 0 Å². The summed E-state index contributed by atoms with van der Waals surface area (Å²) in [5.74, 6) is 0.554. The van der Waals surface area contributed by atoms with E-state index in [1.807, 2.05) is 12.3 Å². The predicted octanol–water partition coefficient (Wildman–Crippen LogP) is 6.54. The first-order valence-electron chi connectivity index (χ1n) is 11.4. The Morgan fingerprint density at radius 1 is 0.903 bits per heavy atom. The van der Waals surface area contributed by atoms with Crippen molar-refractivity contribution in [2.45, 2.75) is 38.5 Å². The SMILES string of the molecule is CC(CN1CCC(=C2c3ccc(Cl)cc3CCc3cccnc32)CC1)c1ccccc1. The summed E-state index contributed by atoms with van der Waals surface area (Å²) >= 11 is 6.35. The van der Waals surface area contributed by atoms with E-state index in [4.69, 9.17) is 16.6 Å². The van der Waals surface area contributed by atoms with Crippen LogP contribution in [0.3, 0.4) is 0 Å². The molecule has 3 aromatic rings. The molecule has 1 fully saturated rings. The van der Waals surface area contributed by atoms with Crippen molar-refractivity contribution < 1.29 is 0 Å². The Bertz CT molecular complexity index is 1090. The van der Waals surface area contributed by atoms with Crippen LogP contribution in [0.25, 0.3) is 5.57 Å². The molecule has 3 heteroatoms. The van der Waals surface area contributed by atoms with E-state index in [0.29, 0.717) is 5.92 Å². The first kappa shape index (κ1) is 20.5. The average Bonchev–Trinajstić information content (AvgIpc) is 2.97. The third-order valence-corrected chi connectivity index (χ3v) is 7.08. The number of pyridine rings is 1. The van der Waals surface area contributed by atoms with E-state index >= 15 is 0 Å². The molecule has 0 spiro atoms. The first-order valence-corrected chi connectivity index (χ1v) is 11.8. The summed E-state index contributed by atoms with van der Waals surface area (Å²) in [6, 6.07) is 21.6. The summed E-state index contributed by atoms with van der Waals surface area (Å²) in [6.45, 7) is 5.69. The van der Waals surface area contributed by atoms with Crippen molar-refractivity contribution in [3.8, 4) is 0 Å². The maximum absolute atomic E-state index is 6.35. The zero-order chi connectivity index (χ0) is 21.2. The number of likely N-dealkylation sites (tertiary alicyclic amines) is 1. The minimum Gasteiger partial charge on any atom is -0.302 e. The monoisotopic (exact) mass is 428 g/mol. The molecular formula is C28H29ClN2. The van der Waals surface area contributed by atoms with E-state index < -0.39 is 0 Å². The number of halogens is 1. The van der Waals surface area contributed by atoms with Crippen molar-refractivity contribution in [3.63, 3.8) is 0 Å².